The Hall–Kier alpha value is -1.97. The number of hydrogen-bond acceptors (Lipinski definition) is 5. The molecule has 4 rings (SSSR count). The second kappa shape index (κ2) is 10.3. The number of aromatic amines is 1. The Balaban J connectivity index is 0.000000348. The maximum absolute atomic E-state index is 13.4. The minimum absolute atomic E-state index is 0.0328. The number of fused-ring (bicyclic) bond motifs is 2. The third kappa shape index (κ3) is 5.88. The molecule has 0 radical (unpaired) electrons. The zero-order chi connectivity index (χ0) is 24.3. The van der Waals surface area contributed by atoms with Crippen LogP contribution in [0, 0.1) is 5.82 Å². The zero-order valence-electron chi connectivity index (χ0n) is 20.1. The molecule has 3 atom stereocenters. The number of H-pyrrole nitrogens is 1. The molecule has 0 saturated carbocycles. The van der Waals surface area contributed by atoms with Crippen molar-refractivity contribution in [2.24, 2.45) is 0 Å². The van der Waals surface area contributed by atoms with E-state index in [9.17, 15) is 17.6 Å². The smallest absolute Gasteiger partial charge is 0.293 e. The highest BCUT2D eigenvalue weighted by Crippen LogP contribution is 2.43. The topological polar surface area (TPSA) is 82.7 Å². The Morgan fingerprint density at radius 2 is 1.91 bits per heavy atom. The number of ether oxygens (including phenoxy) is 1. The number of nitrogens with zero attached hydrogens (tertiary/aromatic N) is 2. The van der Waals surface area contributed by atoms with Crippen LogP contribution in [0.4, 0.5) is 4.39 Å². The minimum Gasteiger partial charge on any atom is -0.462 e. The summed E-state index contributed by atoms with van der Waals surface area (Å²) in [7, 11) is -1.17. The molecule has 3 heterocycles. The Bertz CT molecular complexity index is 1020. The third-order valence-corrected chi connectivity index (χ3v) is 7.01. The van der Waals surface area contributed by atoms with Crippen LogP contribution in [0.1, 0.15) is 52.5 Å². The lowest BCUT2D eigenvalue weighted by Gasteiger charge is -2.24. The number of benzene rings is 1. The van der Waals surface area contributed by atoms with Gasteiger partial charge >= 0.3 is 0 Å². The van der Waals surface area contributed by atoms with Crippen LogP contribution in [0.25, 0.3) is 10.9 Å². The molecular weight excluding hydrogens is 433 g/mol. The molecule has 2 aliphatic heterocycles. The largest absolute Gasteiger partial charge is 0.462 e. The van der Waals surface area contributed by atoms with Crippen LogP contribution in [-0.2, 0) is 19.6 Å². The Kier molecular flexibility index (Phi) is 8.47. The molecule has 1 N–H and O–H groups in total. The molecule has 9 heteroatoms. The molecule has 2 fully saturated rings. The van der Waals surface area contributed by atoms with E-state index in [4.69, 9.17) is 0 Å². The van der Waals surface area contributed by atoms with Crippen LogP contribution in [0.2, 0.25) is 0 Å². The molecule has 0 aliphatic carbocycles. The maximum Gasteiger partial charge on any atom is 0.293 e. The number of likely N-dealkylation sites (tertiary alicyclic amines) is 1. The van der Waals surface area contributed by atoms with E-state index in [0.717, 1.165) is 29.4 Å². The molecule has 1 aromatic heterocycles. The first-order valence-electron chi connectivity index (χ1n) is 11.0. The quantitative estimate of drug-likeness (QED) is 0.693. The van der Waals surface area contributed by atoms with Crippen LogP contribution < -0.4 is 0 Å². The number of aromatic nitrogens is 1. The predicted molar refractivity (Wildman–Crippen MR) is 126 cm³/mol. The van der Waals surface area contributed by atoms with E-state index >= 15 is 0 Å². The molecule has 1 aromatic carbocycles. The number of sulfonamides is 1. The van der Waals surface area contributed by atoms with E-state index in [2.05, 4.69) is 21.7 Å². The van der Waals surface area contributed by atoms with Gasteiger partial charge in [0.05, 0.1) is 6.26 Å². The second-order valence-corrected chi connectivity index (χ2v) is 11.0. The summed E-state index contributed by atoms with van der Waals surface area (Å²) in [6.07, 6.45) is 4.06. The Morgan fingerprint density at radius 3 is 2.44 bits per heavy atom. The number of likely N-dealkylation sites (N-methyl/N-ethyl adjacent to an activating group) is 1. The van der Waals surface area contributed by atoms with E-state index < -0.39 is 10.0 Å². The third-order valence-electron chi connectivity index (χ3n) is 5.74. The van der Waals surface area contributed by atoms with Crippen LogP contribution in [0.3, 0.4) is 0 Å². The second-order valence-electron chi connectivity index (χ2n) is 9.03. The predicted octanol–water partition coefficient (Wildman–Crippen LogP) is 3.72. The van der Waals surface area contributed by atoms with Crippen molar-refractivity contribution in [2.45, 2.75) is 64.6 Å². The normalized spacial score (nSPS) is 23.7. The summed E-state index contributed by atoms with van der Waals surface area (Å²) in [5.74, 6) is -0.174. The Labute approximate surface area is 191 Å². The zero-order valence-corrected chi connectivity index (χ0v) is 20.9. The highest BCUT2D eigenvalue weighted by atomic mass is 32.2. The van der Waals surface area contributed by atoms with Gasteiger partial charge < -0.3 is 14.6 Å². The fourth-order valence-corrected chi connectivity index (χ4v) is 5.67. The summed E-state index contributed by atoms with van der Waals surface area (Å²) in [6.45, 7) is 11.3. The summed E-state index contributed by atoms with van der Waals surface area (Å²) in [4.78, 5) is 15.0. The van der Waals surface area contributed by atoms with Crippen LogP contribution in [0.15, 0.2) is 24.4 Å². The molecule has 2 aliphatic rings. The van der Waals surface area contributed by atoms with Crippen molar-refractivity contribution >= 4 is 27.4 Å². The van der Waals surface area contributed by atoms with Crippen molar-refractivity contribution in [3.05, 3.63) is 35.8 Å². The first kappa shape index (κ1) is 26.3. The monoisotopic (exact) mass is 469 g/mol. The van der Waals surface area contributed by atoms with E-state index in [0.29, 0.717) is 13.0 Å². The van der Waals surface area contributed by atoms with Crippen molar-refractivity contribution in [2.75, 3.05) is 26.4 Å². The first-order valence-corrected chi connectivity index (χ1v) is 12.8. The van der Waals surface area contributed by atoms with Gasteiger partial charge in [-0.1, -0.05) is 13.8 Å². The molecular formula is C23H36FN3O4S. The highest BCUT2D eigenvalue weighted by Gasteiger charge is 2.51. The first-order chi connectivity index (χ1) is 14.9. The van der Waals surface area contributed by atoms with Gasteiger partial charge in [0.2, 0.25) is 10.0 Å². The fraction of sp³-hybridized carbons (Fsp3) is 0.609. The summed E-state index contributed by atoms with van der Waals surface area (Å²) < 4.78 is 43.9. The van der Waals surface area contributed by atoms with Gasteiger partial charge in [-0.25, -0.2) is 12.8 Å². The van der Waals surface area contributed by atoms with Crippen molar-refractivity contribution in [3.63, 3.8) is 0 Å². The average Bonchev–Trinajstić information content (AvgIpc) is 3.37. The van der Waals surface area contributed by atoms with Gasteiger partial charge in [-0.2, -0.15) is 4.31 Å². The molecule has 32 heavy (non-hydrogen) atoms. The SMILES string of the molecule is CC.CC(C)(C)OC=O.CN1CCC2C1C(c1c[nH]c3cc(F)ccc13)CN2S(C)(=O)=O. The summed E-state index contributed by atoms with van der Waals surface area (Å²) >= 11 is 0. The molecule has 2 aromatic rings. The standard InChI is InChI=1S/C16H20FN3O2S.C5H10O2.C2H6/c1-19-6-5-15-16(19)13(9-20(15)23(2,21)22)12-8-18-14-7-10(17)3-4-11(12)14;1-5(2,3)7-4-6;1-2/h3-4,7-8,13,15-16,18H,5-6,9H2,1-2H3;4H,1-3H3;1-2H3. The molecule has 2 saturated heterocycles. The number of hydrogen-bond donors (Lipinski definition) is 1. The summed E-state index contributed by atoms with van der Waals surface area (Å²) in [5.41, 5.74) is 1.52. The molecule has 0 bridgehead atoms. The van der Waals surface area contributed by atoms with E-state index in [1.165, 1.54) is 18.4 Å². The molecule has 180 valence electrons. The van der Waals surface area contributed by atoms with Gasteiger partial charge in [0.1, 0.15) is 11.4 Å². The lowest BCUT2D eigenvalue weighted by atomic mass is 9.91. The van der Waals surface area contributed by atoms with E-state index in [1.54, 1.807) is 10.4 Å². The average molecular weight is 470 g/mol. The van der Waals surface area contributed by atoms with Gasteiger partial charge in [-0.05, 0) is 64.5 Å². The van der Waals surface area contributed by atoms with Gasteiger partial charge in [-0.3, -0.25) is 4.79 Å². The fourth-order valence-electron chi connectivity index (χ4n) is 4.51. The van der Waals surface area contributed by atoms with Crippen LogP contribution >= 0.6 is 0 Å². The van der Waals surface area contributed by atoms with E-state index in [1.807, 2.05) is 40.8 Å². The summed E-state index contributed by atoms with van der Waals surface area (Å²) in [6, 6.07) is 4.93. The van der Waals surface area contributed by atoms with Crippen molar-refractivity contribution in [3.8, 4) is 0 Å². The maximum atomic E-state index is 13.4. The van der Waals surface area contributed by atoms with E-state index in [-0.39, 0.29) is 29.4 Å². The van der Waals surface area contributed by atoms with Gasteiger partial charge in [-0.15, -0.1) is 0 Å². The van der Waals surface area contributed by atoms with Gasteiger partial charge in [0.25, 0.3) is 6.47 Å². The van der Waals surface area contributed by atoms with Crippen molar-refractivity contribution < 1.29 is 22.3 Å². The number of rotatable bonds is 3. The molecule has 3 unspecified atom stereocenters. The highest BCUT2D eigenvalue weighted by molar-refractivity contribution is 7.88. The number of carbonyl (C=O) groups is 1. The van der Waals surface area contributed by atoms with Crippen molar-refractivity contribution in [1.82, 2.24) is 14.2 Å². The molecule has 7 nitrogen and oxygen atoms in total. The van der Waals surface area contributed by atoms with Crippen molar-refractivity contribution in [1.29, 1.82) is 0 Å². The lowest BCUT2D eigenvalue weighted by Crippen LogP contribution is -2.38. The number of carbonyl (C=O) groups excluding carboxylic acids is 1. The van der Waals surface area contributed by atoms with Crippen LogP contribution in [0.5, 0.6) is 0 Å². The van der Waals surface area contributed by atoms with Gasteiger partial charge in [0, 0.05) is 41.6 Å². The lowest BCUT2D eigenvalue weighted by molar-refractivity contribution is -0.138. The minimum atomic E-state index is -3.23. The number of nitrogens with one attached hydrogen (secondary N) is 1. The molecule has 0 amide bonds. The van der Waals surface area contributed by atoms with Crippen LogP contribution in [-0.4, -0.2) is 73.2 Å². The number of halogens is 1. The molecule has 0 spiro atoms. The Morgan fingerprint density at radius 1 is 1.25 bits per heavy atom. The summed E-state index contributed by atoms with van der Waals surface area (Å²) in [5, 5.41) is 0.978. The van der Waals surface area contributed by atoms with Gasteiger partial charge in [0.15, 0.2) is 0 Å².